The summed E-state index contributed by atoms with van der Waals surface area (Å²) in [6.45, 7) is 0. The van der Waals surface area contributed by atoms with Crippen molar-refractivity contribution >= 4 is 23.6 Å². The van der Waals surface area contributed by atoms with E-state index in [9.17, 15) is 0 Å². The Morgan fingerprint density at radius 2 is 2.44 bits per heavy atom. The summed E-state index contributed by atoms with van der Waals surface area (Å²) in [5.41, 5.74) is 0.861. The Bertz CT molecular complexity index is 597. The third-order valence-corrected chi connectivity index (χ3v) is 2.83. The standard InChI is InChI=1S/C9H6N4OS2/c1-14-7-5(4-10)6(12-9(15)13-7)8-11-2-3-16-8/h2-3H,1H3,(H,12,13,15). The summed E-state index contributed by atoms with van der Waals surface area (Å²) in [6, 6.07) is 2.03. The monoisotopic (exact) mass is 250 g/mol. The van der Waals surface area contributed by atoms with Crippen molar-refractivity contribution in [3.05, 3.63) is 21.9 Å². The molecule has 16 heavy (non-hydrogen) atoms. The van der Waals surface area contributed by atoms with Gasteiger partial charge in [0.25, 0.3) is 0 Å². The Morgan fingerprint density at radius 3 is 3.00 bits per heavy atom. The predicted octanol–water partition coefficient (Wildman–Crippen LogP) is 2.14. The number of methoxy groups -OCH3 is 1. The van der Waals surface area contributed by atoms with Crippen molar-refractivity contribution in [2.24, 2.45) is 0 Å². The molecule has 0 aliphatic heterocycles. The average Bonchev–Trinajstić information content (AvgIpc) is 2.81. The zero-order valence-electron chi connectivity index (χ0n) is 8.22. The molecule has 2 aromatic heterocycles. The number of nitriles is 1. The van der Waals surface area contributed by atoms with Gasteiger partial charge in [0, 0.05) is 11.6 Å². The molecule has 0 spiro atoms. The molecule has 7 heteroatoms. The van der Waals surface area contributed by atoms with Crippen LogP contribution in [0.2, 0.25) is 0 Å². The number of nitrogens with one attached hydrogen (secondary N) is 1. The molecule has 0 saturated heterocycles. The zero-order valence-corrected chi connectivity index (χ0v) is 9.85. The first-order valence-corrected chi connectivity index (χ1v) is 5.53. The minimum absolute atomic E-state index is 0.219. The zero-order chi connectivity index (χ0) is 11.5. The molecular formula is C9H6N4OS2. The van der Waals surface area contributed by atoms with Crippen LogP contribution >= 0.6 is 23.6 Å². The first-order valence-electron chi connectivity index (χ1n) is 4.24. The van der Waals surface area contributed by atoms with Crippen LogP contribution in [0.1, 0.15) is 5.56 Å². The predicted molar refractivity (Wildman–Crippen MR) is 61.8 cm³/mol. The van der Waals surface area contributed by atoms with Gasteiger partial charge in [-0.25, -0.2) is 4.98 Å². The lowest BCUT2D eigenvalue weighted by Crippen LogP contribution is -1.98. The molecule has 80 valence electrons. The molecule has 0 aromatic carbocycles. The Balaban J connectivity index is 2.75. The van der Waals surface area contributed by atoms with Crippen molar-refractivity contribution in [1.29, 1.82) is 5.26 Å². The second-order valence-corrected chi connectivity index (χ2v) is 4.03. The van der Waals surface area contributed by atoms with Gasteiger partial charge >= 0.3 is 0 Å². The van der Waals surface area contributed by atoms with Crippen LogP contribution in [0.5, 0.6) is 5.88 Å². The lowest BCUT2D eigenvalue weighted by atomic mass is 10.2. The normalized spacial score (nSPS) is 9.75. The van der Waals surface area contributed by atoms with E-state index in [1.807, 2.05) is 11.4 Å². The highest BCUT2D eigenvalue weighted by Gasteiger charge is 2.14. The summed E-state index contributed by atoms with van der Waals surface area (Å²) in [6.07, 6.45) is 1.66. The lowest BCUT2D eigenvalue weighted by Gasteiger charge is -2.04. The molecule has 0 fully saturated rings. The molecular weight excluding hydrogens is 244 g/mol. The Morgan fingerprint density at radius 1 is 1.62 bits per heavy atom. The molecule has 0 atom stereocenters. The number of nitrogens with zero attached hydrogens (tertiary/aromatic N) is 3. The van der Waals surface area contributed by atoms with Crippen LogP contribution in [-0.4, -0.2) is 22.1 Å². The number of thiazole rings is 1. The number of ether oxygens (including phenoxy) is 1. The van der Waals surface area contributed by atoms with Crippen LogP contribution < -0.4 is 4.74 Å². The molecule has 0 radical (unpaired) electrons. The van der Waals surface area contributed by atoms with Crippen LogP contribution in [0.4, 0.5) is 0 Å². The molecule has 0 aliphatic carbocycles. The third-order valence-electron chi connectivity index (χ3n) is 1.85. The molecule has 2 rings (SSSR count). The van der Waals surface area contributed by atoms with E-state index in [0.29, 0.717) is 16.3 Å². The highest BCUT2D eigenvalue weighted by Crippen LogP contribution is 2.27. The maximum absolute atomic E-state index is 9.07. The number of hydrogen-bond donors (Lipinski definition) is 1. The van der Waals surface area contributed by atoms with Crippen LogP contribution in [0.15, 0.2) is 11.6 Å². The fraction of sp³-hybridized carbons (Fsp3) is 0.111. The molecule has 5 nitrogen and oxygen atoms in total. The third kappa shape index (κ3) is 1.80. The highest BCUT2D eigenvalue weighted by molar-refractivity contribution is 7.71. The molecule has 2 heterocycles. The van der Waals surface area contributed by atoms with Crippen molar-refractivity contribution in [3.8, 4) is 22.7 Å². The lowest BCUT2D eigenvalue weighted by molar-refractivity contribution is 0.395. The van der Waals surface area contributed by atoms with Gasteiger partial charge in [-0.1, -0.05) is 0 Å². The van der Waals surface area contributed by atoms with Crippen LogP contribution in [0.3, 0.4) is 0 Å². The number of aromatic amines is 1. The van der Waals surface area contributed by atoms with Gasteiger partial charge in [0.2, 0.25) is 10.7 Å². The van der Waals surface area contributed by atoms with E-state index in [-0.39, 0.29) is 10.7 Å². The first-order chi connectivity index (χ1) is 7.76. The summed E-state index contributed by atoms with van der Waals surface area (Å²) in [5.74, 6) is 0.219. The molecule has 0 amide bonds. The van der Waals surface area contributed by atoms with E-state index >= 15 is 0 Å². The van der Waals surface area contributed by atoms with Crippen LogP contribution in [0.25, 0.3) is 10.7 Å². The smallest absolute Gasteiger partial charge is 0.236 e. The summed E-state index contributed by atoms with van der Waals surface area (Å²) in [4.78, 5) is 10.9. The van der Waals surface area contributed by atoms with E-state index in [2.05, 4.69) is 15.0 Å². The topological polar surface area (TPSA) is 74.6 Å². The first kappa shape index (κ1) is 10.7. The molecule has 0 unspecified atom stereocenters. The van der Waals surface area contributed by atoms with E-state index in [0.717, 1.165) is 0 Å². The van der Waals surface area contributed by atoms with Crippen LogP contribution in [-0.2, 0) is 0 Å². The van der Waals surface area contributed by atoms with E-state index in [1.165, 1.54) is 18.4 Å². The summed E-state index contributed by atoms with van der Waals surface area (Å²) < 4.78 is 5.28. The summed E-state index contributed by atoms with van der Waals surface area (Å²) in [7, 11) is 1.45. The van der Waals surface area contributed by atoms with Gasteiger partial charge in [-0.15, -0.1) is 11.3 Å². The van der Waals surface area contributed by atoms with Crippen molar-refractivity contribution in [1.82, 2.24) is 15.0 Å². The molecule has 2 aromatic rings. The van der Waals surface area contributed by atoms with E-state index in [1.54, 1.807) is 6.20 Å². The Hall–Kier alpha value is -1.78. The number of hydrogen-bond acceptors (Lipinski definition) is 6. The van der Waals surface area contributed by atoms with Crippen molar-refractivity contribution in [2.45, 2.75) is 0 Å². The Labute approximate surface area is 100 Å². The minimum atomic E-state index is 0.219. The quantitative estimate of drug-likeness (QED) is 0.826. The maximum Gasteiger partial charge on any atom is 0.236 e. The van der Waals surface area contributed by atoms with Gasteiger partial charge in [0.1, 0.15) is 22.3 Å². The number of H-pyrrole nitrogens is 1. The van der Waals surface area contributed by atoms with Gasteiger partial charge in [0.05, 0.1) is 7.11 Å². The van der Waals surface area contributed by atoms with Crippen molar-refractivity contribution in [2.75, 3.05) is 7.11 Å². The highest BCUT2D eigenvalue weighted by atomic mass is 32.1. The molecule has 0 saturated carbocycles. The summed E-state index contributed by atoms with van der Waals surface area (Å²) in [5, 5.41) is 11.6. The van der Waals surface area contributed by atoms with Gasteiger partial charge < -0.3 is 9.72 Å². The molecule has 0 bridgehead atoms. The Kier molecular flexibility index (Phi) is 2.94. The molecule has 1 N–H and O–H groups in total. The summed E-state index contributed by atoms with van der Waals surface area (Å²) >= 11 is 6.37. The maximum atomic E-state index is 9.07. The fourth-order valence-electron chi connectivity index (χ4n) is 1.21. The van der Waals surface area contributed by atoms with Gasteiger partial charge in [-0.05, 0) is 12.2 Å². The van der Waals surface area contributed by atoms with Gasteiger partial charge in [0.15, 0.2) is 0 Å². The van der Waals surface area contributed by atoms with E-state index < -0.39 is 0 Å². The fourth-order valence-corrected chi connectivity index (χ4v) is 2.04. The van der Waals surface area contributed by atoms with Gasteiger partial charge in [-0.3, -0.25) is 0 Å². The average molecular weight is 250 g/mol. The van der Waals surface area contributed by atoms with Crippen molar-refractivity contribution in [3.63, 3.8) is 0 Å². The second-order valence-electron chi connectivity index (χ2n) is 2.75. The number of aromatic nitrogens is 3. The van der Waals surface area contributed by atoms with E-state index in [4.69, 9.17) is 22.2 Å². The largest absolute Gasteiger partial charge is 0.480 e. The molecule has 0 aliphatic rings. The minimum Gasteiger partial charge on any atom is -0.480 e. The number of rotatable bonds is 2. The van der Waals surface area contributed by atoms with Crippen LogP contribution in [0, 0.1) is 16.1 Å². The second kappa shape index (κ2) is 4.38. The van der Waals surface area contributed by atoms with Crippen molar-refractivity contribution < 1.29 is 4.74 Å². The SMILES string of the molecule is COc1nc(=S)[nH]c(-c2nccs2)c1C#N. The van der Waals surface area contributed by atoms with Gasteiger partial charge in [-0.2, -0.15) is 10.2 Å².